The van der Waals surface area contributed by atoms with E-state index in [0.29, 0.717) is 0 Å². The number of nitrogens with one attached hydrogen (secondary N) is 1. The molecule has 2 fully saturated rings. The monoisotopic (exact) mass is 171 g/mol. The van der Waals surface area contributed by atoms with Crippen molar-refractivity contribution in [1.82, 2.24) is 15.1 Å². The van der Waals surface area contributed by atoms with Crippen LogP contribution in [0.4, 0.5) is 0 Å². The SMILES string of the molecule is C1CN(CN2CCOCC2)CN1. The van der Waals surface area contributed by atoms with Crippen molar-refractivity contribution in [3.63, 3.8) is 0 Å². The predicted octanol–water partition coefficient (Wildman–Crippen LogP) is -0.861. The molecule has 0 radical (unpaired) electrons. The molecule has 0 saturated carbocycles. The van der Waals surface area contributed by atoms with Gasteiger partial charge in [0.1, 0.15) is 0 Å². The highest BCUT2D eigenvalue weighted by molar-refractivity contribution is 4.68. The fourth-order valence-corrected chi connectivity index (χ4v) is 1.70. The van der Waals surface area contributed by atoms with Crippen LogP contribution in [-0.2, 0) is 4.74 Å². The van der Waals surface area contributed by atoms with E-state index in [4.69, 9.17) is 4.74 Å². The summed E-state index contributed by atoms with van der Waals surface area (Å²) in [6, 6.07) is 0. The highest BCUT2D eigenvalue weighted by Gasteiger charge is 2.16. The third-order valence-electron chi connectivity index (χ3n) is 2.44. The van der Waals surface area contributed by atoms with Crippen molar-refractivity contribution in [1.29, 1.82) is 0 Å². The first-order chi connectivity index (χ1) is 5.95. The van der Waals surface area contributed by atoms with E-state index in [1.54, 1.807) is 0 Å². The van der Waals surface area contributed by atoms with E-state index in [-0.39, 0.29) is 0 Å². The normalized spacial score (nSPS) is 28.0. The van der Waals surface area contributed by atoms with Crippen LogP contribution in [0, 0.1) is 0 Å². The minimum atomic E-state index is 0.904. The van der Waals surface area contributed by atoms with Crippen LogP contribution in [0.25, 0.3) is 0 Å². The fourth-order valence-electron chi connectivity index (χ4n) is 1.70. The molecular weight excluding hydrogens is 154 g/mol. The Bertz CT molecular complexity index is 130. The smallest absolute Gasteiger partial charge is 0.0594 e. The summed E-state index contributed by atoms with van der Waals surface area (Å²) in [4.78, 5) is 4.89. The van der Waals surface area contributed by atoms with Gasteiger partial charge in [0.15, 0.2) is 0 Å². The van der Waals surface area contributed by atoms with Gasteiger partial charge in [0.2, 0.25) is 0 Å². The Labute approximate surface area is 73.5 Å². The average molecular weight is 171 g/mol. The standard InChI is InChI=1S/C8H17N3O/c1-2-11(7-9-1)8-10-3-5-12-6-4-10/h9H,1-8H2. The van der Waals surface area contributed by atoms with Gasteiger partial charge in [-0.3, -0.25) is 9.80 Å². The molecule has 70 valence electrons. The second-order valence-corrected chi connectivity index (χ2v) is 3.42. The first-order valence-electron chi connectivity index (χ1n) is 4.68. The van der Waals surface area contributed by atoms with E-state index in [1.165, 1.54) is 6.54 Å². The highest BCUT2D eigenvalue weighted by Crippen LogP contribution is 2.00. The summed E-state index contributed by atoms with van der Waals surface area (Å²) in [5.74, 6) is 0. The van der Waals surface area contributed by atoms with Crippen LogP contribution < -0.4 is 5.32 Å². The van der Waals surface area contributed by atoms with Gasteiger partial charge in [-0.2, -0.15) is 0 Å². The van der Waals surface area contributed by atoms with Crippen molar-refractivity contribution in [2.75, 3.05) is 52.7 Å². The number of nitrogens with zero attached hydrogens (tertiary/aromatic N) is 2. The molecule has 12 heavy (non-hydrogen) atoms. The number of hydrogen-bond acceptors (Lipinski definition) is 4. The molecule has 0 atom stereocenters. The van der Waals surface area contributed by atoms with Gasteiger partial charge in [0, 0.05) is 32.8 Å². The van der Waals surface area contributed by atoms with E-state index in [1.807, 2.05) is 0 Å². The second-order valence-electron chi connectivity index (χ2n) is 3.42. The van der Waals surface area contributed by atoms with Crippen LogP contribution in [0.1, 0.15) is 0 Å². The maximum absolute atomic E-state index is 5.29. The lowest BCUT2D eigenvalue weighted by molar-refractivity contribution is 0.0142. The molecule has 2 saturated heterocycles. The van der Waals surface area contributed by atoms with Crippen molar-refractivity contribution in [3.8, 4) is 0 Å². The highest BCUT2D eigenvalue weighted by atomic mass is 16.5. The van der Waals surface area contributed by atoms with Crippen LogP contribution in [0.5, 0.6) is 0 Å². The second kappa shape index (κ2) is 4.18. The Morgan fingerprint density at radius 2 is 1.92 bits per heavy atom. The zero-order valence-electron chi connectivity index (χ0n) is 7.46. The maximum Gasteiger partial charge on any atom is 0.0594 e. The quantitative estimate of drug-likeness (QED) is 0.585. The van der Waals surface area contributed by atoms with Crippen LogP contribution in [0.15, 0.2) is 0 Å². The third-order valence-corrected chi connectivity index (χ3v) is 2.44. The summed E-state index contributed by atoms with van der Waals surface area (Å²) in [6.45, 7) is 8.49. The molecule has 0 bridgehead atoms. The first-order valence-corrected chi connectivity index (χ1v) is 4.68. The fraction of sp³-hybridized carbons (Fsp3) is 1.00. The van der Waals surface area contributed by atoms with Gasteiger partial charge in [-0.05, 0) is 0 Å². The Balaban J connectivity index is 1.69. The van der Waals surface area contributed by atoms with Crippen molar-refractivity contribution in [2.24, 2.45) is 0 Å². The maximum atomic E-state index is 5.29. The molecule has 0 aromatic rings. The predicted molar refractivity (Wildman–Crippen MR) is 46.8 cm³/mol. The van der Waals surface area contributed by atoms with Gasteiger partial charge < -0.3 is 10.1 Å². The van der Waals surface area contributed by atoms with E-state index in [9.17, 15) is 0 Å². The molecule has 0 amide bonds. The van der Waals surface area contributed by atoms with Gasteiger partial charge in [0.05, 0.1) is 19.9 Å². The van der Waals surface area contributed by atoms with Crippen LogP contribution in [0.2, 0.25) is 0 Å². The Morgan fingerprint density at radius 3 is 2.58 bits per heavy atom. The molecule has 0 aromatic heterocycles. The number of ether oxygens (including phenoxy) is 1. The van der Waals surface area contributed by atoms with Crippen molar-refractivity contribution in [2.45, 2.75) is 0 Å². The van der Waals surface area contributed by atoms with E-state index in [0.717, 1.165) is 46.2 Å². The number of morpholine rings is 1. The Hall–Kier alpha value is -0.160. The molecule has 0 unspecified atom stereocenters. The third kappa shape index (κ3) is 2.17. The van der Waals surface area contributed by atoms with Gasteiger partial charge in [-0.25, -0.2) is 0 Å². The molecule has 4 nitrogen and oxygen atoms in total. The molecule has 0 spiro atoms. The summed E-state index contributed by atoms with van der Waals surface area (Å²) >= 11 is 0. The summed E-state index contributed by atoms with van der Waals surface area (Å²) in [5, 5.41) is 3.33. The summed E-state index contributed by atoms with van der Waals surface area (Å²) in [5.41, 5.74) is 0. The van der Waals surface area contributed by atoms with E-state index in [2.05, 4.69) is 15.1 Å². The lowest BCUT2D eigenvalue weighted by Crippen LogP contribution is -2.43. The molecule has 0 aromatic carbocycles. The van der Waals surface area contributed by atoms with Crippen LogP contribution in [-0.4, -0.2) is 62.5 Å². The average Bonchev–Trinajstić information content (AvgIpc) is 2.59. The largest absolute Gasteiger partial charge is 0.379 e. The van der Waals surface area contributed by atoms with E-state index >= 15 is 0 Å². The molecule has 2 aliphatic rings. The van der Waals surface area contributed by atoms with Crippen molar-refractivity contribution < 1.29 is 4.74 Å². The van der Waals surface area contributed by atoms with Gasteiger partial charge in [0.25, 0.3) is 0 Å². The van der Waals surface area contributed by atoms with Gasteiger partial charge >= 0.3 is 0 Å². The summed E-state index contributed by atoms with van der Waals surface area (Å²) in [6.07, 6.45) is 0. The zero-order valence-corrected chi connectivity index (χ0v) is 7.46. The topological polar surface area (TPSA) is 27.7 Å². The number of rotatable bonds is 2. The lowest BCUT2D eigenvalue weighted by atomic mass is 10.4. The molecule has 1 N–H and O–H groups in total. The Morgan fingerprint density at radius 1 is 1.08 bits per heavy atom. The van der Waals surface area contributed by atoms with Gasteiger partial charge in [-0.1, -0.05) is 0 Å². The minimum Gasteiger partial charge on any atom is -0.379 e. The summed E-state index contributed by atoms with van der Waals surface area (Å²) < 4.78 is 5.29. The number of hydrogen-bond donors (Lipinski definition) is 1. The molecular formula is C8H17N3O. The summed E-state index contributed by atoms with van der Waals surface area (Å²) in [7, 11) is 0. The van der Waals surface area contributed by atoms with Crippen molar-refractivity contribution in [3.05, 3.63) is 0 Å². The van der Waals surface area contributed by atoms with Crippen molar-refractivity contribution >= 4 is 0 Å². The molecule has 2 rings (SSSR count). The van der Waals surface area contributed by atoms with E-state index < -0.39 is 0 Å². The molecule has 2 heterocycles. The first kappa shape index (κ1) is 8.44. The van der Waals surface area contributed by atoms with Gasteiger partial charge in [-0.15, -0.1) is 0 Å². The lowest BCUT2D eigenvalue weighted by Gasteiger charge is -2.30. The Kier molecular flexibility index (Phi) is 2.94. The molecule has 2 aliphatic heterocycles. The zero-order chi connectivity index (χ0) is 8.23. The minimum absolute atomic E-state index is 0.904. The van der Waals surface area contributed by atoms with Crippen LogP contribution in [0.3, 0.4) is 0 Å². The molecule has 4 heteroatoms. The molecule has 0 aliphatic carbocycles. The van der Waals surface area contributed by atoms with Crippen LogP contribution >= 0.6 is 0 Å².